The highest BCUT2D eigenvalue weighted by Crippen LogP contribution is 2.19. The van der Waals surface area contributed by atoms with Crippen molar-refractivity contribution in [1.82, 2.24) is 0 Å². The van der Waals surface area contributed by atoms with Crippen LogP contribution in [0.3, 0.4) is 0 Å². The van der Waals surface area contributed by atoms with Gasteiger partial charge in [0.15, 0.2) is 0 Å². The summed E-state index contributed by atoms with van der Waals surface area (Å²) in [6, 6.07) is 8.28. The minimum Gasteiger partial charge on any atom is -0.396 e. The molecular formula is C12H16O. The molecule has 1 aromatic carbocycles. The van der Waals surface area contributed by atoms with Crippen molar-refractivity contribution < 1.29 is 5.11 Å². The van der Waals surface area contributed by atoms with Crippen LogP contribution in [0.5, 0.6) is 0 Å². The van der Waals surface area contributed by atoms with Gasteiger partial charge in [-0.15, -0.1) is 6.58 Å². The molecule has 1 atom stereocenters. The molecule has 0 spiro atoms. The number of aliphatic hydroxyl groups is 1. The minimum absolute atomic E-state index is 0.190. The van der Waals surface area contributed by atoms with Gasteiger partial charge in [0.2, 0.25) is 0 Å². The number of hydrogen-bond acceptors (Lipinski definition) is 1. The Balaban J connectivity index is 2.78. The molecular weight excluding hydrogens is 160 g/mol. The fourth-order valence-corrected chi connectivity index (χ4v) is 1.36. The number of allylic oxidation sites excluding steroid dienone is 1. The van der Waals surface area contributed by atoms with Crippen molar-refractivity contribution in [2.75, 3.05) is 6.61 Å². The lowest BCUT2D eigenvalue weighted by Gasteiger charge is -2.11. The number of rotatable bonds is 4. The van der Waals surface area contributed by atoms with Crippen molar-refractivity contribution in [1.29, 1.82) is 0 Å². The first-order valence-corrected chi connectivity index (χ1v) is 4.56. The maximum atomic E-state index is 9.13. The first kappa shape index (κ1) is 10.0. The maximum absolute atomic E-state index is 9.13. The highest BCUT2D eigenvalue weighted by molar-refractivity contribution is 5.24. The second-order valence-electron chi connectivity index (χ2n) is 3.31. The summed E-state index contributed by atoms with van der Waals surface area (Å²) in [7, 11) is 0. The van der Waals surface area contributed by atoms with Crippen molar-refractivity contribution in [2.45, 2.75) is 19.3 Å². The molecule has 0 amide bonds. The van der Waals surface area contributed by atoms with Crippen LogP contribution in [0.4, 0.5) is 0 Å². The van der Waals surface area contributed by atoms with Crippen LogP contribution < -0.4 is 0 Å². The van der Waals surface area contributed by atoms with Crippen molar-refractivity contribution in [3.05, 3.63) is 48.0 Å². The molecule has 1 rings (SSSR count). The first-order valence-electron chi connectivity index (χ1n) is 4.56. The summed E-state index contributed by atoms with van der Waals surface area (Å²) in [5, 5.41) is 9.13. The number of aliphatic hydroxyl groups excluding tert-OH is 1. The third-order valence-electron chi connectivity index (χ3n) is 2.22. The van der Waals surface area contributed by atoms with Crippen molar-refractivity contribution >= 4 is 0 Å². The van der Waals surface area contributed by atoms with Crippen LogP contribution in [0.2, 0.25) is 0 Å². The Morgan fingerprint density at radius 2 is 2.00 bits per heavy atom. The zero-order valence-corrected chi connectivity index (χ0v) is 8.03. The monoisotopic (exact) mass is 176 g/mol. The minimum atomic E-state index is 0.190. The SMILES string of the molecule is C=CC[C@H](CO)c1ccc(C)cc1. The molecule has 13 heavy (non-hydrogen) atoms. The summed E-state index contributed by atoms with van der Waals surface area (Å²) in [5.74, 6) is 0.207. The summed E-state index contributed by atoms with van der Waals surface area (Å²) in [6.07, 6.45) is 2.68. The lowest BCUT2D eigenvalue weighted by molar-refractivity contribution is 0.266. The third-order valence-corrected chi connectivity index (χ3v) is 2.22. The van der Waals surface area contributed by atoms with Gasteiger partial charge in [0.05, 0.1) is 6.61 Å². The topological polar surface area (TPSA) is 20.2 Å². The maximum Gasteiger partial charge on any atom is 0.0502 e. The molecule has 70 valence electrons. The smallest absolute Gasteiger partial charge is 0.0502 e. The lowest BCUT2D eigenvalue weighted by atomic mass is 9.96. The Labute approximate surface area is 79.7 Å². The van der Waals surface area contributed by atoms with E-state index in [1.54, 1.807) is 0 Å². The molecule has 0 aromatic heterocycles. The Kier molecular flexibility index (Phi) is 3.71. The predicted octanol–water partition coefficient (Wildman–Crippen LogP) is 2.65. The fourth-order valence-electron chi connectivity index (χ4n) is 1.36. The highest BCUT2D eigenvalue weighted by Gasteiger charge is 2.07. The van der Waals surface area contributed by atoms with E-state index < -0.39 is 0 Å². The molecule has 0 bridgehead atoms. The summed E-state index contributed by atoms with van der Waals surface area (Å²) < 4.78 is 0. The Morgan fingerprint density at radius 3 is 2.46 bits per heavy atom. The van der Waals surface area contributed by atoms with Gasteiger partial charge in [-0.1, -0.05) is 35.9 Å². The van der Waals surface area contributed by atoms with E-state index >= 15 is 0 Å². The number of aryl methyl sites for hydroxylation is 1. The molecule has 0 aliphatic carbocycles. The van der Waals surface area contributed by atoms with Crippen LogP contribution in [0.15, 0.2) is 36.9 Å². The van der Waals surface area contributed by atoms with E-state index in [4.69, 9.17) is 5.11 Å². The van der Waals surface area contributed by atoms with Gasteiger partial charge in [-0.05, 0) is 18.9 Å². The van der Waals surface area contributed by atoms with Crippen molar-refractivity contribution in [2.24, 2.45) is 0 Å². The van der Waals surface area contributed by atoms with Crippen LogP contribution in [0, 0.1) is 6.92 Å². The van der Waals surface area contributed by atoms with Gasteiger partial charge >= 0.3 is 0 Å². The van der Waals surface area contributed by atoms with Gasteiger partial charge in [0, 0.05) is 5.92 Å². The van der Waals surface area contributed by atoms with E-state index in [0.717, 1.165) is 6.42 Å². The summed E-state index contributed by atoms with van der Waals surface area (Å²) in [6.45, 7) is 5.93. The summed E-state index contributed by atoms with van der Waals surface area (Å²) >= 11 is 0. The van der Waals surface area contributed by atoms with Gasteiger partial charge in [0.25, 0.3) is 0 Å². The standard InChI is InChI=1S/C12H16O/c1-3-4-12(9-13)11-7-5-10(2)6-8-11/h3,5-8,12-13H,1,4,9H2,2H3/t12-/m1/s1. The molecule has 0 aliphatic rings. The van der Waals surface area contributed by atoms with Crippen LogP contribution in [-0.4, -0.2) is 11.7 Å². The van der Waals surface area contributed by atoms with Crippen LogP contribution in [0.1, 0.15) is 23.5 Å². The van der Waals surface area contributed by atoms with Crippen molar-refractivity contribution in [3.63, 3.8) is 0 Å². The normalized spacial score (nSPS) is 12.5. The van der Waals surface area contributed by atoms with Crippen LogP contribution in [0.25, 0.3) is 0 Å². The zero-order valence-electron chi connectivity index (χ0n) is 8.03. The van der Waals surface area contributed by atoms with Gasteiger partial charge in [0.1, 0.15) is 0 Å². The summed E-state index contributed by atoms with van der Waals surface area (Å²) in [5.41, 5.74) is 2.44. The molecule has 0 heterocycles. The molecule has 0 unspecified atom stereocenters. The molecule has 0 radical (unpaired) electrons. The highest BCUT2D eigenvalue weighted by atomic mass is 16.3. The average molecular weight is 176 g/mol. The Hall–Kier alpha value is -1.08. The number of benzene rings is 1. The van der Waals surface area contributed by atoms with Gasteiger partial charge < -0.3 is 5.11 Å². The first-order chi connectivity index (χ1) is 6.27. The molecule has 0 aliphatic heterocycles. The molecule has 1 heteroatoms. The largest absolute Gasteiger partial charge is 0.396 e. The second-order valence-corrected chi connectivity index (χ2v) is 3.31. The Morgan fingerprint density at radius 1 is 1.38 bits per heavy atom. The molecule has 0 saturated carbocycles. The van der Waals surface area contributed by atoms with E-state index in [2.05, 4.69) is 37.8 Å². The molecule has 1 N–H and O–H groups in total. The van der Waals surface area contributed by atoms with E-state index in [1.165, 1.54) is 11.1 Å². The van der Waals surface area contributed by atoms with E-state index in [9.17, 15) is 0 Å². The molecule has 0 fully saturated rings. The molecule has 1 nitrogen and oxygen atoms in total. The van der Waals surface area contributed by atoms with Gasteiger partial charge in [-0.2, -0.15) is 0 Å². The molecule has 0 saturated heterocycles. The Bertz CT molecular complexity index is 261. The summed E-state index contributed by atoms with van der Waals surface area (Å²) in [4.78, 5) is 0. The van der Waals surface area contributed by atoms with Crippen LogP contribution >= 0.6 is 0 Å². The second kappa shape index (κ2) is 4.83. The van der Waals surface area contributed by atoms with Crippen LogP contribution in [-0.2, 0) is 0 Å². The lowest BCUT2D eigenvalue weighted by Crippen LogP contribution is -2.02. The average Bonchev–Trinajstić information content (AvgIpc) is 2.16. The van der Waals surface area contributed by atoms with E-state index in [-0.39, 0.29) is 12.5 Å². The molecule has 1 aromatic rings. The quantitative estimate of drug-likeness (QED) is 0.699. The third kappa shape index (κ3) is 2.71. The van der Waals surface area contributed by atoms with E-state index in [0.29, 0.717) is 0 Å². The fraction of sp³-hybridized carbons (Fsp3) is 0.333. The van der Waals surface area contributed by atoms with E-state index in [1.807, 2.05) is 6.08 Å². The predicted molar refractivity (Wildman–Crippen MR) is 55.8 cm³/mol. The van der Waals surface area contributed by atoms with Gasteiger partial charge in [-0.3, -0.25) is 0 Å². The van der Waals surface area contributed by atoms with Crippen molar-refractivity contribution in [3.8, 4) is 0 Å². The van der Waals surface area contributed by atoms with Gasteiger partial charge in [-0.25, -0.2) is 0 Å². The number of hydrogen-bond donors (Lipinski definition) is 1. The zero-order chi connectivity index (χ0) is 9.68.